The molecule has 2 heterocycles. The molecule has 0 aliphatic carbocycles. The van der Waals surface area contributed by atoms with Crippen LogP contribution in [0.5, 0.6) is 0 Å². The second kappa shape index (κ2) is 5.38. The third kappa shape index (κ3) is 2.67. The highest BCUT2D eigenvalue weighted by Gasteiger charge is 2.05. The number of thioether (sulfide) groups is 1. The molecule has 100 valence electrons. The van der Waals surface area contributed by atoms with Gasteiger partial charge in [0.05, 0.1) is 16.3 Å². The van der Waals surface area contributed by atoms with Gasteiger partial charge in [-0.1, -0.05) is 18.2 Å². The van der Waals surface area contributed by atoms with Crippen molar-refractivity contribution >= 4 is 28.6 Å². The largest absolute Gasteiger partial charge is 0.478 e. The number of benzene rings is 1. The van der Waals surface area contributed by atoms with Crippen LogP contribution in [-0.4, -0.2) is 21.0 Å². The number of aromatic nitrogens is 2. The fraction of sp³-hybridized carbons (Fsp3) is 0.0667. The second-order valence-electron chi connectivity index (χ2n) is 4.35. The zero-order valence-corrected chi connectivity index (χ0v) is 11.4. The van der Waals surface area contributed by atoms with Crippen molar-refractivity contribution in [3.05, 3.63) is 59.9 Å². The fourth-order valence-electron chi connectivity index (χ4n) is 1.91. The maximum absolute atomic E-state index is 10.7. The second-order valence-corrected chi connectivity index (χ2v) is 5.37. The summed E-state index contributed by atoms with van der Waals surface area (Å²) in [6.07, 6.45) is 1.39. The summed E-state index contributed by atoms with van der Waals surface area (Å²) in [7, 11) is 0. The summed E-state index contributed by atoms with van der Waals surface area (Å²) in [5.41, 5.74) is 2.19. The number of aromatic amines is 1. The molecule has 0 saturated heterocycles. The predicted octanol–water partition coefficient (Wildman–Crippen LogP) is 3.55. The summed E-state index contributed by atoms with van der Waals surface area (Å²) in [4.78, 5) is 18.2. The van der Waals surface area contributed by atoms with Crippen molar-refractivity contribution < 1.29 is 9.90 Å². The Morgan fingerprint density at radius 2 is 2.10 bits per heavy atom. The molecular weight excluding hydrogens is 272 g/mol. The molecule has 3 rings (SSSR count). The number of rotatable bonds is 4. The number of pyridine rings is 1. The van der Waals surface area contributed by atoms with Gasteiger partial charge in [0.1, 0.15) is 0 Å². The molecule has 3 aromatic rings. The van der Waals surface area contributed by atoms with Crippen LogP contribution in [0.4, 0.5) is 0 Å². The number of H-pyrrole nitrogens is 1. The molecule has 0 unspecified atom stereocenters. The number of hydrogen-bond acceptors (Lipinski definition) is 3. The average Bonchev–Trinajstić information content (AvgIpc) is 2.88. The molecule has 0 aliphatic heterocycles. The minimum Gasteiger partial charge on any atom is -0.478 e. The van der Waals surface area contributed by atoms with Crippen molar-refractivity contribution in [1.29, 1.82) is 0 Å². The molecule has 2 N–H and O–H groups in total. The van der Waals surface area contributed by atoms with E-state index >= 15 is 0 Å². The molecule has 20 heavy (non-hydrogen) atoms. The molecule has 0 atom stereocenters. The van der Waals surface area contributed by atoms with Crippen LogP contribution in [0.2, 0.25) is 0 Å². The topological polar surface area (TPSA) is 66.0 Å². The molecule has 1 aromatic carbocycles. The van der Waals surface area contributed by atoms with E-state index in [4.69, 9.17) is 5.11 Å². The Bertz CT molecular complexity index is 717. The number of nitrogens with zero attached hydrogens (tertiary/aromatic N) is 1. The van der Waals surface area contributed by atoms with Crippen LogP contribution in [0.25, 0.3) is 10.9 Å². The predicted molar refractivity (Wildman–Crippen MR) is 79.1 cm³/mol. The van der Waals surface area contributed by atoms with Gasteiger partial charge in [-0.15, -0.1) is 11.8 Å². The smallest absolute Gasteiger partial charge is 0.337 e. The lowest BCUT2D eigenvalue weighted by Gasteiger charge is -2.00. The number of hydrogen-bond donors (Lipinski definition) is 2. The van der Waals surface area contributed by atoms with Crippen LogP contribution >= 0.6 is 11.8 Å². The van der Waals surface area contributed by atoms with Gasteiger partial charge in [-0.2, -0.15) is 0 Å². The summed E-state index contributed by atoms with van der Waals surface area (Å²) < 4.78 is 0. The molecule has 0 bridgehead atoms. The van der Waals surface area contributed by atoms with E-state index in [0.717, 1.165) is 16.2 Å². The lowest BCUT2D eigenvalue weighted by molar-refractivity contribution is 0.0696. The standard InChI is InChI=1S/C15H12N2O2S/c18-15(19)11-5-6-12(16-8-11)9-20-14-7-10-3-1-2-4-13(10)17-14/h1-8,17H,9H2,(H,18,19). The number of fused-ring (bicyclic) bond motifs is 1. The monoisotopic (exact) mass is 284 g/mol. The summed E-state index contributed by atoms with van der Waals surface area (Å²) in [5.74, 6) is -0.250. The molecule has 2 aromatic heterocycles. The van der Waals surface area contributed by atoms with Crippen LogP contribution in [0.1, 0.15) is 16.1 Å². The first-order chi connectivity index (χ1) is 9.72. The normalized spacial score (nSPS) is 10.8. The Labute approximate surface area is 119 Å². The van der Waals surface area contributed by atoms with Gasteiger partial charge in [-0.05, 0) is 24.3 Å². The number of carboxylic acid groups (broad SMARTS) is 1. The van der Waals surface area contributed by atoms with Gasteiger partial charge >= 0.3 is 5.97 Å². The van der Waals surface area contributed by atoms with Gasteiger partial charge in [0.25, 0.3) is 0 Å². The van der Waals surface area contributed by atoms with E-state index in [9.17, 15) is 4.79 Å². The Balaban J connectivity index is 1.71. The Hall–Kier alpha value is -2.27. The maximum Gasteiger partial charge on any atom is 0.337 e. The van der Waals surface area contributed by atoms with Crippen molar-refractivity contribution in [1.82, 2.24) is 9.97 Å². The fourth-order valence-corrected chi connectivity index (χ4v) is 2.78. The zero-order chi connectivity index (χ0) is 13.9. The first kappa shape index (κ1) is 12.7. The maximum atomic E-state index is 10.7. The highest BCUT2D eigenvalue weighted by Crippen LogP contribution is 2.25. The van der Waals surface area contributed by atoms with E-state index in [0.29, 0.717) is 5.75 Å². The molecule has 0 saturated carbocycles. The molecular formula is C15H12N2O2S. The quantitative estimate of drug-likeness (QED) is 0.719. The van der Waals surface area contributed by atoms with E-state index in [1.807, 2.05) is 18.2 Å². The number of carboxylic acids is 1. The molecule has 0 fully saturated rings. The molecule has 4 nitrogen and oxygen atoms in total. The van der Waals surface area contributed by atoms with Crippen molar-refractivity contribution in [2.45, 2.75) is 10.8 Å². The molecule has 0 amide bonds. The van der Waals surface area contributed by atoms with Crippen molar-refractivity contribution in [3.63, 3.8) is 0 Å². The average molecular weight is 284 g/mol. The van der Waals surface area contributed by atoms with Crippen LogP contribution in [0.3, 0.4) is 0 Å². The number of para-hydroxylation sites is 1. The summed E-state index contributed by atoms with van der Waals surface area (Å²) >= 11 is 1.65. The lowest BCUT2D eigenvalue weighted by Crippen LogP contribution is -1.97. The van der Waals surface area contributed by atoms with E-state index < -0.39 is 5.97 Å². The molecule has 5 heteroatoms. The van der Waals surface area contributed by atoms with Crippen molar-refractivity contribution in [2.75, 3.05) is 0 Å². The van der Waals surface area contributed by atoms with Gasteiger partial charge in [-0.3, -0.25) is 4.98 Å². The third-order valence-electron chi connectivity index (χ3n) is 2.95. The summed E-state index contributed by atoms with van der Waals surface area (Å²) in [5, 5.41) is 11.1. The van der Waals surface area contributed by atoms with Crippen LogP contribution in [-0.2, 0) is 5.75 Å². The Morgan fingerprint density at radius 3 is 2.80 bits per heavy atom. The van der Waals surface area contributed by atoms with E-state index in [-0.39, 0.29) is 5.56 Å². The van der Waals surface area contributed by atoms with Crippen LogP contribution < -0.4 is 0 Å². The number of aromatic carboxylic acids is 1. The molecule has 0 spiro atoms. The van der Waals surface area contributed by atoms with E-state index in [1.54, 1.807) is 23.9 Å². The van der Waals surface area contributed by atoms with Gasteiger partial charge in [-0.25, -0.2) is 4.79 Å². The van der Waals surface area contributed by atoms with Gasteiger partial charge in [0.2, 0.25) is 0 Å². The minimum absolute atomic E-state index is 0.212. The van der Waals surface area contributed by atoms with Crippen molar-refractivity contribution in [3.8, 4) is 0 Å². The minimum atomic E-state index is -0.952. The number of nitrogens with one attached hydrogen (secondary N) is 1. The third-order valence-corrected chi connectivity index (χ3v) is 3.92. The van der Waals surface area contributed by atoms with Crippen molar-refractivity contribution in [2.24, 2.45) is 0 Å². The first-order valence-electron chi connectivity index (χ1n) is 6.11. The lowest BCUT2D eigenvalue weighted by atomic mass is 10.2. The SMILES string of the molecule is O=C(O)c1ccc(CSc2cc3ccccc3[nH]2)nc1. The highest BCUT2D eigenvalue weighted by molar-refractivity contribution is 7.98. The van der Waals surface area contributed by atoms with Gasteiger partial charge < -0.3 is 10.1 Å². The van der Waals surface area contributed by atoms with Gasteiger partial charge in [0.15, 0.2) is 0 Å². The Kier molecular flexibility index (Phi) is 3.43. The summed E-state index contributed by atoms with van der Waals surface area (Å²) in [6.45, 7) is 0. The summed E-state index contributed by atoms with van der Waals surface area (Å²) in [6, 6.07) is 13.5. The zero-order valence-electron chi connectivity index (χ0n) is 10.5. The van der Waals surface area contributed by atoms with E-state index in [1.165, 1.54) is 11.6 Å². The van der Waals surface area contributed by atoms with E-state index in [2.05, 4.69) is 22.1 Å². The molecule has 0 aliphatic rings. The van der Waals surface area contributed by atoms with Crippen LogP contribution in [0.15, 0.2) is 53.7 Å². The van der Waals surface area contributed by atoms with Crippen LogP contribution in [0, 0.1) is 0 Å². The first-order valence-corrected chi connectivity index (χ1v) is 7.10. The Morgan fingerprint density at radius 1 is 1.25 bits per heavy atom. The van der Waals surface area contributed by atoms with Gasteiger partial charge in [0, 0.05) is 22.9 Å². The highest BCUT2D eigenvalue weighted by atomic mass is 32.2. The number of carbonyl (C=O) groups is 1. The molecule has 0 radical (unpaired) electrons.